The molecule has 0 aromatic heterocycles. The molecule has 0 aliphatic rings. The van der Waals surface area contributed by atoms with Crippen molar-refractivity contribution in [2.24, 2.45) is 0 Å². The van der Waals surface area contributed by atoms with Crippen LogP contribution in [0.15, 0.2) is 66.7 Å². The lowest BCUT2D eigenvalue weighted by molar-refractivity contribution is -0.141. The van der Waals surface area contributed by atoms with Gasteiger partial charge in [0.2, 0.25) is 11.8 Å². The quantitative estimate of drug-likeness (QED) is 0.278. The summed E-state index contributed by atoms with van der Waals surface area (Å²) in [7, 11) is 0. The maximum atomic E-state index is 13.8. The minimum atomic E-state index is -0.755. The highest BCUT2D eigenvalue weighted by Crippen LogP contribution is 2.26. The molecule has 8 heteroatoms. The molecule has 2 atom stereocenters. The first kappa shape index (κ1) is 28.3. The van der Waals surface area contributed by atoms with Gasteiger partial charge in [-0.05, 0) is 54.3 Å². The Labute approximate surface area is 232 Å². The normalized spacial score (nSPS) is 12.6. The van der Waals surface area contributed by atoms with Gasteiger partial charge in [-0.15, -0.1) is 0 Å². The average molecular weight is 566 g/mol. The predicted octanol–water partition coefficient (Wildman–Crippen LogP) is 7.40. The van der Waals surface area contributed by atoms with Gasteiger partial charge in [-0.25, -0.2) is 0 Å². The van der Waals surface area contributed by atoms with Crippen LogP contribution in [-0.4, -0.2) is 28.8 Å². The molecule has 3 aromatic rings. The van der Waals surface area contributed by atoms with E-state index in [1.165, 1.54) is 0 Å². The highest BCUT2D eigenvalue weighted by atomic mass is 35.5. The Morgan fingerprint density at radius 2 is 1.58 bits per heavy atom. The van der Waals surface area contributed by atoms with E-state index in [0.29, 0.717) is 32.1 Å². The van der Waals surface area contributed by atoms with Crippen molar-refractivity contribution in [2.45, 2.75) is 51.7 Å². The Morgan fingerprint density at radius 3 is 2.22 bits per heavy atom. The number of amides is 2. The van der Waals surface area contributed by atoms with Gasteiger partial charge in [0.25, 0.3) is 0 Å². The number of hydrogen-bond donors (Lipinski definition) is 1. The smallest absolute Gasteiger partial charge is 0.243 e. The zero-order chi connectivity index (χ0) is 26.2. The molecule has 36 heavy (non-hydrogen) atoms. The lowest BCUT2D eigenvalue weighted by Crippen LogP contribution is -2.52. The average Bonchev–Trinajstić information content (AvgIpc) is 2.85. The molecule has 0 radical (unpaired) electrons. The lowest BCUT2D eigenvalue weighted by Gasteiger charge is -2.32. The first-order valence-corrected chi connectivity index (χ1v) is 13.2. The van der Waals surface area contributed by atoms with Crippen LogP contribution >= 0.6 is 46.4 Å². The van der Waals surface area contributed by atoms with E-state index in [2.05, 4.69) is 5.32 Å². The van der Waals surface area contributed by atoms with E-state index >= 15 is 0 Å². The number of halogens is 4. The summed E-state index contributed by atoms with van der Waals surface area (Å²) in [5.41, 5.74) is 2.33. The highest BCUT2D eigenvalue weighted by Gasteiger charge is 2.31. The largest absolute Gasteiger partial charge is 0.352 e. The van der Waals surface area contributed by atoms with E-state index in [4.69, 9.17) is 46.4 Å². The number of nitrogens with zero attached hydrogens (tertiary/aromatic N) is 1. The molecular weight excluding hydrogens is 538 g/mol. The molecule has 0 spiro atoms. The molecular formula is C28H28Cl4N2O2. The summed E-state index contributed by atoms with van der Waals surface area (Å²) in [6.07, 6.45) is 1.13. The third-order valence-corrected chi connectivity index (χ3v) is 7.29. The summed E-state index contributed by atoms with van der Waals surface area (Å²) in [6.45, 7) is 4.11. The third kappa shape index (κ3) is 7.88. The molecule has 4 nitrogen and oxygen atoms in total. The van der Waals surface area contributed by atoms with Crippen LogP contribution in [0.5, 0.6) is 0 Å². The fourth-order valence-electron chi connectivity index (χ4n) is 3.76. The van der Waals surface area contributed by atoms with Gasteiger partial charge in [0, 0.05) is 29.1 Å². The molecule has 0 aliphatic heterocycles. The molecule has 0 bridgehead atoms. The van der Waals surface area contributed by atoms with Crippen molar-refractivity contribution in [3.05, 3.63) is 104 Å². The number of benzene rings is 3. The van der Waals surface area contributed by atoms with Crippen LogP contribution in [0.1, 0.15) is 37.0 Å². The van der Waals surface area contributed by atoms with Crippen LogP contribution in [0.4, 0.5) is 0 Å². The highest BCUT2D eigenvalue weighted by molar-refractivity contribution is 6.42. The zero-order valence-corrected chi connectivity index (χ0v) is 23.1. The molecule has 0 aliphatic carbocycles. The molecule has 0 saturated heterocycles. The van der Waals surface area contributed by atoms with Gasteiger partial charge in [0.05, 0.1) is 16.5 Å². The van der Waals surface area contributed by atoms with Gasteiger partial charge in [0.15, 0.2) is 0 Å². The number of carbonyl (C=O) groups is 2. The van der Waals surface area contributed by atoms with Crippen LogP contribution in [0, 0.1) is 0 Å². The molecule has 0 heterocycles. The third-order valence-electron chi connectivity index (χ3n) is 5.97. The SMILES string of the molecule is CC[C@H](C)NC(=O)[C@H](Cc1ccccc1)N(Cc1ccc(Cl)c(Cl)c1)C(=O)Cc1ccc(Cl)cc1Cl. The summed E-state index contributed by atoms with van der Waals surface area (Å²) in [6, 6.07) is 19.1. The van der Waals surface area contributed by atoms with Crippen LogP contribution in [0.25, 0.3) is 0 Å². The predicted molar refractivity (Wildman–Crippen MR) is 149 cm³/mol. The van der Waals surface area contributed by atoms with Gasteiger partial charge in [-0.2, -0.15) is 0 Å². The lowest BCUT2D eigenvalue weighted by atomic mass is 10.0. The summed E-state index contributed by atoms with van der Waals surface area (Å²) in [4.78, 5) is 28.9. The molecule has 3 rings (SSSR count). The Bertz CT molecular complexity index is 1200. The summed E-state index contributed by atoms with van der Waals surface area (Å²) < 4.78 is 0. The number of nitrogens with one attached hydrogen (secondary N) is 1. The Kier molecular flexibility index (Phi) is 10.5. The van der Waals surface area contributed by atoms with Crippen molar-refractivity contribution >= 4 is 58.2 Å². The Hall–Kier alpha value is -2.24. The standard InChI is InChI=1S/C28H28Cl4N2O2/c1-3-18(2)33-28(36)26(14-19-7-5-4-6-8-19)34(17-20-9-12-23(30)25(32)13-20)27(35)15-21-10-11-22(29)16-24(21)31/h4-13,16,18,26H,3,14-15,17H2,1-2H3,(H,33,36)/t18-,26-/m0/s1. The molecule has 0 unspecified atom stereocenters. The van der Waals surface area contributed by atoms with Crippen LogP contribution in [0.2, 0.25) is 20.1 Å². The first-order valence-electron chi connectivity index (χ1n) is 11.7. The minimum absolute atomic E-state index is 0.0131. The minimum Gasteiger partial charge on any atom is -0.352 e. The van der Waals surface area contributed by atoms with E-state index < -0.39 is 6.04 Å². The second kappa shape index (κ2) is 13.3. The van der Waals surface area contributed by atoms with Crippen molar-refractivity contribution in [1.82, 2.24) is 10.2 Å². The number of rotatable bonds is 10. The second-order valence-corrected chi connectivity index (χ2v) is 10.4. The fourth-order valence-corrected chi connectivity index (χ4v) is 4.56. The van der Waals surface area contributed by atoms with Crippen molar-refractivity contribution in [1.29, 1.82) is 0 Å². The van der Waals surface area contributed by atoms with Crippen LogP contribution < -0.4 is 5.32 Å². The van der Waals surface area contributed by atoms with E-state index in [9.17, 15) is 9.59 Å². The van der Waals surface area contributed by atoms with Gasteiger partial charge in [-0.1, -0.05) is 95.8 Å². The molecule has 0 saturated carbocycles. The van der Waals surface area contributed by atoms with E-state index in [-0.39, 0.29) is 30.8 Å². The molecule has 0 fully saturated rings. The van der Waals surface area contributed by atoms with Gasteiger partial charge >= 0.3 is 0 Å². The molecule has 190 valence electrons. The summed E-state index contributed by atoms with van der Waals surface area (Å²) >= 11 is 24.8. The summed E-state index contributed by atoms with van der Waals surface area (Å²) in [5, 5.41) is 4.73. The monoisotopic (exact) mass is 564 g/mol. The van der Waals surface area contributed by atoms with Gasteiger partial charge < -0.3 is 10.2 Å². The van der Waals surface area contributed by atoms with E-state index in [1.807, 2.05) is 44.2 Å². The van der Waals surface area contributed by atoms with Crippen molar-refractivity contribution in [2.75, 3.05) is 0 Å². The summed E-state index contributed by atoms with van der Waals surface area (Å²) in [5.74, 6) is -0.464. The fraction of sp³-hybridized carbons (Fsp3) is 0.286. The van der Waals surface area contributed by atoms with Gasteiger partial charge in [0.1, 0.15) is 6.04 Å². The zero-order valence-electron chi connectivity index (χ0n) is 20.1. The first-order chi connectivity index (χ1) is 17.2. The second-order valence-electron chi connectivity index (χ2n) is 8.71. The van der Waals surface area contributed by atoms with E-state index in [0.717, 1.165) is 17.5 Å². The topological polar surface area (TPSA) is 49.4 Å². The van der Waals surface area contributed by atoms with Crippen LogP contribution in [0.3, 0.4) is 0 Å². The molecule has 3 aromatic carbocycles. The van der Waals surface area contributed by atoms with Crippen molar-refractivity contribution in [3.63, 3.8) is 0 Å². The van der Waals surface area contributed by atoms with Gasteiger partial charge in [-0.3, -0.25) is 9.59 Å². The Balaban J connectivity index is 2.01. The van der Waals surface area contributed by atoms with Crippen molar-refractivity contribution in [3.8, 4) is 0 Å². The molecule has 2 amide bonds. The van der Waals surface area contributed by atoms with E-state index in [1.54, 1.807) is 41.3 Å². The maximum Gasteiger partial charge on any atom is 0.243 e. The maximum absolute atomic E-state index is 13.8. The van der Waals surface area contributed by atoms with Crippen LogP contribution in [-0.2, 0) is 29.0 Å². The van der Waals surface area contributed by atoms with Crippen molar-refractivity contribution < 1.29 is 9.59 Å². The number of hydrogen-bond acceptors (Lipinski definition) is 2. The Morgan fingerprint density at radius 1 is 0.861 bits per heavy atom. The molecule has 1 N–H and O–H groups in total. The number of carbonyl (C=O) groups excluding carboxylic acids is 2.